The van der Waals surface area contributed by atoms with Crippen molar-refractivity contribution >= 4 is 21.6 Å². The summed E-state index contributed by atoms with van der Waals surface area (Å²) < 4.78 is 39.6. The lowest BCUT2D eigenvalue weighted by molar-refractivity contribution is 0.566. The van der Waals surface area contributed by atoms with Crippen LogP contribution in [0.2, 0.25) is 0 Å². The summed E-state index contributed by atoms with van der Waals surface area (Å²) in [6.45, 7) is 1.80. The number of hydrogen-bond donors (Lipinski definition) is 0. The van der Waals surface area contributed by atoms with E-state index in [1.165, 1.54) is 18.2 Å². The SMILES string of the molecule is Cc1ccc(SSc2ccc(F)cc2F)c(F)c1. The van der Waals surface area contributed by atoms with Gasteiger partial charge in [-0.3, -0.25) is 0 Å². The van der Waals surface area contributed by atoms with Gasteiger partial charge in [-0.15, -0.1) is 0 Å². The van der Waals surface area contributed by atoms with E-state index in [1.54, 1.807) is 19.1 Å². The molecule has 0 unspecified atom stereocenters. The smallest absolute Gasteiger partial charge is 0.140 e. The van der Waals surface area contributed by atoms with E-state index >= 15 is 0 Å². The molecule has 0 aromatic heterocycles. The van der Waals surface area contributed by atoms with Gasteiger partial charge in [-0.25, -0.2) is 13.2 Å². The van der Waals surface area contributed by atoms with Crippen LogP contribution in [-0.4, -0.2) is 0 Å². The molecule has 2 aromatic carbocycles. The Bertz CT molecular complexity index is 519. The average molecular weight is 286 g/mol. The Hall–Kier alpha value is -1.07. The molecule has 2 rings (SSSR count). The molecule has 0 radical (unpaired) electrons. The number of halogens is 3. The fourth-order valence-electron chi connectivity index (χ4n) is 1.31. The van der Waals surface area contributed by atoms with Gasteiger partial charge in [0.1, 0.15) is 17.5 Å². The van der Waals surface area contributed by atoms with Gasteiger partial charge in [0.25, 0.3) is 0 Å². The summed E-state index contributed by atoms with van der Waals surface area (Å²) in [5, 5.41) is 0. The van der Waals surface area contributed by atoms with Crippen LogP contribution in [0.15, 0.2) is 46.2 Å². The molecule has 0 bridgehead atoms. The molecule has 18 heavy (non-hydrogen) atoms. The third-order valence-corrected chi connectivity index (χ3v) is 4.63. The van der Waals surface area contributed by atoms with Gasteiger partial charge in [0.05, 0.1) is 9.79 Å². The zero-order valence-corrected chi connectivity index (χ0v) is 11.0. The normalized spacial score (nSPS) is 10.7. The lowest BCUT2D eigenvalue weighted by atomic mass is 10.2. The van der Waals surface area contributed by atoms with Crippen LogP contribution >= 0.6 is 21.6 Å². The maximum absolute atomic E-state index is 13.5. The molecule has 0 amide bonds. The fraction of sp³-hybridized carbons (Fsp3) is 0.0769. The molecular weight excluding hydrogens is 277 g/mol. The predicted octanol–water partition coefficient (Wildman–Crippen LogP) is 5.21. The molecule has 94 valence electrons. The minimum absolute atomic E-state index is 0.279. The van der Waals surface area contributed by atoms with Gasteiger partial charge in [-0.1, -0.05) is 6.07 Å². The molecule has 0 nitrogen and oxygen atoms in total. The second-order valence-corrected chi connectivity index (χ2v) is 5.89. The van der Waals surface area contributed by atoms with Crippen LogP contribution < -0.4 is 0 Å². The third-order valence-electron chi connectivity index (χ3n) is 2.20. The molecule has 0 heterocycles. The Balaban J connectivity index is 2.11. The molecule has 2 aromatic rings. The topological polar surface area (TPSA) is 0 Å². The molecular formula is C13H9F3S2. The molecule has 0 aliphatic carbocycles. The number of rotatable bonds is 3. The van der Waals surface area contributed by atoms with Crippen molar-refractivity contribution in [1.29, 1.82) is 0 Å². The highest BCUT2D eigenvalue weighted by Crippen LogP contribution is 2.39. The molecule has 0 spiro atoms. The van der Waals surface area contributed by atoms with E-state index in [1.807, 2.05) is 0 Å². The molecule has 0 saturated carbocycles. The summed E-state index contributed by atoms with van der Waals surface area (Å²) in [6, 6.07) is 8.18. The van der Waals surface area contributed by atoms with Crippen LogP contribution in [0, 0.1) is 24.4 Å². The van der Waals surface area contributed by atoms with Crippen LogP contribution in [0.1, 0.15) is 5.56 Å². The second-order valence-electron chi connectivity index (χ2n) is 3.68. The van der Waals surface area contributed by atoms with Gasteiger partial charge in [0.2, 0.25) is 0 Å². The first-order valence-corrected chi connectivity index (χ1v) is 7.27. The maximum atomic E-state index is 13.5. The van der Waals surface area contributed by atoms with Crippen molar-refractivity contribution in [2.75, 3.05) is 0 Å². The van der Waals surface area contributed by atoms with E-state index in [2.05, 4.69) is 0 Å². The van der Waals surface area contributed by atoms with Crippen molar-refractivity contribution in [3.8, 4) is 0 Å². The van der Waals surface area contributed by atoms with Crippen LogP contribution in [0.3, 0.4) is 0 Å². The van der Waals surface area contributed by atoms with Crippen LogP contribution in [0.5, 0.6) is 0 Å². The fourth-order valence-corrected chi connectivity index (χ4v) is 3.36. The van der Waals surface area contributed by atoms with Gasteiger partial charge in [-0.05, 0) is 58.3 Å². The van der Waals surface area contributed by atoms with Crippen molar-refractivity contribution < 1.29 is 13.2 Å². The Morgan fingerprint density at radius 2 is 1.33 bits per heavy atom. The maximum Gasteiger partial charge on any atom is 0.140 e. The highest BCUT2D eigenvalue weighted by Gasteiger charge is 2.08. The van der Waals surface area contributed by atoms with Crippen LogP contribution in [-0.2, 0) is 0 Å². The standard InChI is InChI=1S/C13H9F3S2/c1-8-2-4-12(10(15)6-8)17-18-13-5-3-9(14)7-11(13)16/h2-7H,1H3. The first-order valence-electron chi connectivity index (χ1n) is 5.12. The monoisotopic (exact) mass is 286 g/mol. The first-order chi connectivity index (χ1) is 8.56. The minimum Gasteiger partial charge on any atom is -0.207 e. The number of hydrogen-bond acceptors (Lipinski definition) is 2. The zero-order valence-electron chi connectivity index (χ0n) is 9.41. The number of benzene rings is 2. The Kier molecular flexibility index (Phi) is 4.24. The van der Waals surface area contributed by atoms with E-state index in [9.17, 15) is 13.2 Å². The van der Waals surface area contributed by atoms with Gasteiger partial charge < -0.3 is 0 Å². The lowest BCUT2D eigenvalue weighted by Gasteiger charge is -2.04. The minimum atomic E-state index is -0.639. The summed E-state index contributed by atoms with van der Waals surface area (Å²) in [4.78, 5) is 0.704. The molecule has 0 atom stereocenters. The van der Waals surface area contributed by atoms with E-state index < -0.39 is 11.6 Å². The molecule has 0 N–H and O–H groups in total. The van der Waals surface area contributed by atoms with Gasteiger partial charge in [-0.2, -0.15) is 0 Å². The summed E-state index contributed by atoms with van der Waals surface area (Å²) in [5.41, 5.74) is 0.829. The van der Waals surface area contributed by atoms with Crippen molar-refractivity contribution in [3.05, 3.63) is 59.4 Å². The van der Waals surface area contributed by atoms with Crippen molar-refractivity contribution in [2.45, 2.75) is 16.7 Å². The summed E-state index contributed by atoms with van der Waals surface area (Å²) in [7, 11) is 2.17. The van der Waals surface area contributed by atoms with Crippen molar-refractivity contribution in [3.63, 3.8) is 0 Å². The average Bonchev–Trinajstić information content (AvgIpc) is 2.30. The highest BCUT2D eigenvalue weighted by atomic mass is 33.1. The van der Waals surface area contributed by atoms with E-state index in [4.69, 9.17) is 0 Å². The van der Waals surface area contributed by atoms with Crippen molar-refractivity contribution in [2.24, 2.45) is 0 Å². The first kappa shape index (κ1) is 13.4. The largest absolute Gasteiger partial charge is 0.207 e. The molecule has 5 heteroatoms. The van der Waals surface area contributed by atoms with Gasteiger partial charge >= 0.3 is 0 Å². The van der Waals surface area contributed by atoms with E-state index in [0.29, 0.717) is 4.90 Å². The predicted molar refractivity (Wildman–Crippen MR) is 69.2 cm³/mol. The zero-order chi connectivity index (χ0) is 13.1. The van der Waals surface area contributed by atoms with Crippen LogP contribution in [0.4, 0.5) is 13.2 Å². The molecule has 0 fully saturated rings. The number of aryl methyl sites for hydroxylation is 1. The van der Waals surface area contributed by atoms with Crippen molar-refractivity contribution in [1.82, 2.24) is 0 Å². The van der Waals surface area contributed by atoms with Crippen LogP contribution in [0.25, 0.3) is 0 Å². The Labute approximate surface area is 111 Å². The highest BCUT2D eigenvalue weighted by molar-refractivity contribution is 8.76. The second kappa shape index (κ2) is 5.71. The molecule has 0 saturated heterocycles. The van der Waals surface area contributed by atoms with Gasteiger partial charge in [0.15, 0.2) is 0 Å². The quantitative estimate of drug-likeness (QED) is 0.710. The summed E-state index contributed by atoms with van der Waals surface area (Å²) in [5.74, 6) is -1.60. The third kappa shape index (κ3) is 3.23. The Morgan fingerprint density at radius 1 is 0.778 bits per heavy atom. The van der Waals surface area contributed by atoms with E-state index in [-0.39, 0.29) is 10.7 Å². The summed E-state index contributed by atoms with van der Waals surface area (Å²) >= 11 is 0. The van der Waals surface area contributed by atoms with E-state index in [0.717, 1.165) is 33.2 Å². The molecule has 0 aliphatic heterocycles. The Morgan fingerprint density at radius 3 is 1.89 bits per heavy atom. The summed E-state index contributed by atoms with van der Waals surface area (Å²) in [6.07, 6.45) is 0. The van der Waals surface area contributed by atoms with Gasteiger partial charge in [0, 0.05) is 6.07 Å². The molecule has 0 aliphatic rings. The lowest BCUT2D eigenvalue weighted by Crippen LogP contribution is -1.83.